The average Bonchev–Trinajstić information content (AvgIpc) is 3.07. The number of hydrogen-bond donors (Lipinski definition) is 0. The highest BCUT2D eigenvalue weighted by atomic mass is 16.6. The number of aryl methyl sites for hydroxylation is 1. The molecule has 0 aromatic carbocycles. The van der Waals surface area contributed by atoms with Gasteiger partial charge in [-0.15, -0.1) is 0 Å². The van der Waals surface area contributed by atoms with E-state index in [1.807, 2.05) is 39.8 Å². The van der Waals surface area contributed by atoms with E-state index < -0.39 is 5.60 Å². The van der Waals surface area contributed by atoms with E-state index in [1.54, 1.807) is 17.4 Å². The Bertz CT molecular complexity index is 727. The third-order valence-corrected chi connectivity index (χ3v) is 4.08. The zero-order valence-corrected chi connectivity index (χ0v) is 15.3. The van der Waals surface area contributed by atoms with Gasteiger partial charge in [-0.2, -0.15) is 0 Å². The highest BCUT2D eigenvalue weighted by molar-refractivity contribution is 5.76. The number of aromatic nitrogens is 1. The van der Waals surface area contributed by atoms with Gasteiger partial charge in [0.2, 0.25) is 0 Å². The van der Waals surface area contributed by atoms with E-state index in [0.717, 1.165) is 35.7 Å². The average molecular weight is 343 g/mol. The first-order chi connectivity index (χ1) is 11.8. The van der Waals surface area contributed by atoms with Gasteiger partial charge in [-0.25, -0.2) is 9.78 Å². The molecule has 2 aromatic heterocycles. The Morgan fingerprint density at radius 1 is 1.16 bits per heavy atom. The molecule has 25 heavy (non-hydrogen) atoms. The second-order valence-electron chi connectivity index (χ2n) is 7.29. The maximum absolute atomic E-state index is 12.2. The number of amides is 1. The molecule has 0 atom stereocenters. The van der Waals surface area contributed by atoms with Gasteiger partial charge in [0, 0.05) is 43.0 Å². The number of nitrogens with zero attached hydrogens (tertiary/aromatic N) is 3. The van der Waals surface area contributed by atoms with Gasteiger partial charge in [0.15, 0.2) is 0 Å². The van der Waals surface area contributed by atoms with Crippen LogP contribution in [0.2, 0.25) is 0 Å². The minimum absolute atomic E-state index is 0.251. The molecule has 0 radical (unpaired) electrons. The minimum atomic E-state index is -0.471. The van der Waals surface area contributed by atoms with Gasteiger partial charge < -0.3 is 19.0 Å². The summed E-state index contributed by atoms with van der Waals surface area (Å²) in [7, 11) is 0. The Morgan fingerprint density at radius 3 is 2.48 bits per heavy atom. The lowest BCUT2D eigenvalue weighted by atomic mass is 10.1. The zero-order chi connectivity index (χ0) is 18.0. The van der Waals surface area contributed by atoms with Crippen molar-refractivity contribution in [3.8, 4) is 11.1 Å². The van der Waals surface area contributed by atoms with Crippen LogP contribution in [0.25, 0.3) is 11.1 Å². The molecule has 2 aromatic rings. The summed E-state index contributed by atoms with van der Waals surface area (Å²) in [4.78, 5) is 20.9. The molecule has 1 amide bonds. The Balaban J connectivity index is 1.73. The van der Waals surface area contributed by atoms with Crippen LogP contribution in [0, 0.1) is 6.92 Å². The molecule has 3 rings (SSSR count). The van der Waals surface area contributed by atoms with E-state index in [1.165, 1.54) is 0 Å². The molecule has 0 bridgehead atoms. The number of anilines is 1. The number of hydrogen-bond acceptors (Lipinski definition) is 5. The molecule has 1 saturated heterocycles. The van der Waals surface area contributed by atoms with Crippen LogP contribution in [0.1, 0.15) is 26.5 Å². The maximum atomic E-state index is 12.2. The van der Waals surface area contributed by atoms with Crippen LogP contribution in [0.3, 0.4) is 0 Å². The Morgan fingerprint density at radius 2 is 1.88 bits per heavy atom. The van der Waals surface area contributed by atoms with Crippen molar-refractivity contribution in [1.29, 1.82) is 0 Å². The predicted molar refractivity (Wildman–Crippen MR) is 96.7 cm³/mol. The zero-order valence-electron chi connectivity index (χ0n) is 15.3. The number of pyridine rings is 1. The van der Waals surface area contributed by atoms with Crippen molar-refractivity contribution >= 4 is 11.9 Å². The van der Waals surface area contributed by atoms with E-state index in [9.17, 15) is 4.79 Å². The fraction of sp³-hybridized carbons (Fsp3) is 0.474. The smallest absolute Gasteiger partial charge is 0.410 e. The molecule has 1 fully saturated rings. The van der Waals surface area contributed by atoms with Gasteiger partial charge in [-0.1, -0.05) is 0 Å². The summed E-state index contributed by atoms with van der Waals surface area (Å²) in [5, 5.41) is 0. The van der Waals surface area contributed by atoms with Crippen LogP contribution in [0.4, 0.5) is 10.6 Å². The lowest BCUT2D eigenvalue weighted by Crippen LogP contribution is -2.50. The first-order valence-electron chi connectivity index (χ1n) is 8.56. The maximum Gasteiger partial charge on any atom is 0.410 e. The van der Waals surface area contributed by atoms with Crippen molar-refractivity contribution < 1.29 is 13.9 Å². The van der Waals surface area contributed by atoms with Crippen molar-refractivity contribution in [1.82, 2.24) is 9.88 Å². The fourth-order valence-corrected chi connectivity index (χ4v) is 2.85. The highest BCUT2D eigenvalue weighted by Crippen LogP contribution is 2.30. The van der Waals surface area contributed by atoms with Gasteiger partial charge in [-0.05, 0) is 45.9 Å². The van der Waals surface area contributed by atoms with Gasteiger partial charge in [0.1, 0.15) is 11.4 Å². The number of furan rings is 1. The topological polar surface area (TPSA) is 58.8 Å². The van der Waals surface area contributed by atoms with Crippen molar-refractivity contribution in [3.05, 3.63) is 36.4 Å². The molecule has 6 nitrogen and oxygen atoms in total. The largest absolute Gasteiger partial charge is 0.472 e. The predicted octanol–water partition coefficient (Wildman–Crippen LogP) is 3.71. The third-order valence-electron chi connectivity index (χ3n) is 4.08. The number of ether oxygens (including phenoxy) is 1. The monoisotopic (exact) mass is 343 g/mol. The summed E-state index contributed by atoms with van der Waals surface area (Å²) in [5.41, 5.74) is 2.56. The lowest BCUT2D eigenvalue weighted by Gasteiger charge is -2.36. The van der Waals surface area contributed by atoms with Crippen molar-refractivity contribution in [2.24, 2.45) is 0 Å². The molecule has 1 aliphatic heterocycles. The van der Waals surface area contributed by atoms with Crippen LogP contribution in [0.15, 0.2) is 35.1 Å². The van der Waals surface area contributed by atoms with E-state index in [0.29, 0.717) is 13.1 Å². The number of rotatable bonds is 2. The molecule has 0 N–H and O–H groups in total. The minimum Gasteiger partial charge on any atom is -0.472 e. The molecule has 0 saturated carbocycles. The number of piperazine rings is 1. The second kappa shape index (κ2) is 6.78. The Hall–Kier alpha value is -2.50. The first kappa shape index (κ1) is 17.3. The van der Waals surface area contributed by atoms with Crippen molar-refractivity contribution in [2.45, 2.75) is 33.3 Å². The molecule has 0 spiro atoms. The molecule has 0 unspecified atom stereocenters. The molecule has 134 valence electrons. The number of carbonyl (C=O) groups is 1. The Kier molecular flexibility index (Phi) is 4.70. The summed E-state index contributed by atoms with van der Waals surface area (Å²) >= 11 is 0. The molecular formula is C19H25N3O3. The summed E-state index contributed by atoms with van der Waals surface area (Å²) < 4.78 is 10.7. The molecular weight excluding hydrogens is 318 g/mol. The first-order valence-corrected chi connectivity index (χ1v) is 8.56. The molecule has 6 heteroatoms. The van der Waals surface area contributed by atoms with Crippen molar-refractivity contribution in [3.63, 3.8) is 0 Å². The van der Waals surface area contributed by atoms with Crippen LogP contribution in [-0.2, 0) is 4.74 Å². The quantitative estimate of drug-likeness (QED) is 0.832. The summed E-state index contributed by atoms with van der Waals surface area (Å²) in [5.74, 6) is 0.935. The van der Waals surface area contributed by atoms with Crippen LogP contribution >= 0.6 is 0 Å². The van der Waals surface area contributed by atoms with Gasteiger partial charge in [0.25, 0.3) is 0 Å². The van der Waals surface area contributed by atoms with Gasteiger partial charge in [0.05, 0.1) is 12.5 Å². The third kappa shape index (κ3) is 4.13. The molecule has 3 heterocycles. The summed E-state index contributed by atoms with van der Waals surface area (Å²) in [6.45, 7) is 10.3. The second-order valence-corrected chi connectivity index (χ2v) is 7.29. The van der Waals surface area contributed by atoms with Gasteiger partial charge >= 0.3 is 6.09 Å². The van der Waals surface area contributed by atoms with E-state index in [4.69, 9.17) is 14.1 Å². The highest BCUT2D eigenvalue weighted by Gasteiger charge is 2.27. The normalized spacial score (nSPS) is 15.4. The molecule has 0 aliphatic carbocycles. The van der Waals surface area contributed by atoms with E-state index >= 15 is 0 Å². The van der Waals surface area contributed by atoms with E-state index in [-0.39, 0.29) is 6.09 Å². The molecule has 1 aliphatic rings. The van der Waals surface area contributed by atoms with Crippen LogP contribution in [0.5, 0.6) is 0 Å². The SMILES string of the molecule is Cc1ccc(-c2ccoc2)c(N2CCN(C(=O)OC(C)(C)C)CC2)n1. The van der Waals surface area contributed by atoms with Crippen LogP contribution in [-0.4, -0.2) is 47.8 Å². The summed E-state index contributed by atoms with van der Waals surface area (Å²) in [6.07, 6.45) is 3.14. The van der Waals surface area contributed by atoms with Crippen molar-refractivity contribution in [2.75, 3.05) is 31.1 Å². The fourth-order valence-electron chi connectivity index (χ4n) is 2.85. The Labute approximate surface area is 148 Å². The lowest BCUT2D eigenvalue weighted by molar-refractivity contribution is 0.0240. The standard InChI is InChI=1S/C19H25N3O3/c1-14-5-6-16(15-7-12-24-13-15)17(20-14)21-8-10-22(11-9-21)18(23)25-19(2,3)4/h5-7,12-13H,8-11H2,1-4H3. The van der Waals surface area contributed by atoms with E-state index in [2.05, 4.69) is 11.0 Å². The summed E-state index contributed by atoms with van der Waals surface area (Å²) in [6, 6.07) is 6.01. The number of carbonyl (C=O) groups excluding carboxylic acids is 1. The van der Waals surface area contributed by atoms with Gasteiger partial charge in [-0.3, -0.25) is 0 Å². The van der Waals surface area contributed by atoms with Crippen LogP contribution < -0.4 is 4.90 Å².